The molecule has 1 atom stereocenters. The highest BCUT2D eigenvalue weighted by Crippen LogP contribution is 2.27. The van der Waals surface area contributed by atoms with Crippen LogP contribution in [-0.4, -0.2) is 5.91 Å². The van der Waals surface area contributed by atoms with Gasteiger partial charge in [-0.2, -0.15) is 0 Å². The van der Waals surface area contributed by atoms with E-state index in [1.165, 1.54) is 36.0 Å². The molecule has 3 heteroatoms. The van der Waals surface area contributed by atoms with Crippen molar-refractivity contribution in [2.45, 2.75) is 51.7 Å². The molecule has 1 aliphatic rings. The number of rotatable bonds is 7. The van der Waals surface area contributed by atoms with Gasteiger partial charge in [0.2, 0.25) is 0 Å². The van der Waals surface area contributed by atoms with Gasteiger partial charge in [-0.25, -0.2) is 0 Å². The molecule has 0 aliphatic heterocycles. The lowest BCUT2D eigenvalue weighted by Crippen LogP contribution is -2.28. The summed E-state index contributed by atoms with van der Waals surface area (Å²) in [5, 5.41) is 3.23. The van der Waals surface area contributed by atoms with E-state index < -0.39 is 0 Å². The summed E-state index contributed by atoms with van der Waals surface area (Å²) in [6, 6.07) is 24.2. The average Bonchev–Trinajstić information content (AvgIpc) is 2.81. The molecule has 3 nitrogen and oxygen atoms in total. The Balaban J connectivity index is 1.48. The predicted octanol–water partition coefficient (Wildman–Crippen LogP) is 6.03. The van der Waals surface area contributed by atoms with E-state index in [1.807, 2.05) is 54.6 Å². The lowest BCUT2D eigenvalue weighted by Gasteiger charge is -2.22. The van der Waals surface area contributed by atoms with E-state index in [4.69, 9.17) is 4.74 Å². The summed E-state index contributed by atoms with van der Waals surface area (Å²) < 4.78 is 5.98. The molecule has 3 aromatic rings. The molecule has 0 heterocycles. The second-order valence-electron chi connectivity index (χ2n) is 7.94. The Morgan fingerprint density at radius 1 is 0.933 bits per heavy atom. The molecule has 0 aromatic heterocycles. The van der Waals surface area contributed by atoms with Crippen molar-refractivity contribution in [1.29, 1.82) is 0 Å². The summed E-state index contributed by atoms with van der Waals surface area (Å²) in [5.74, 6) is 0.516. The molecule has 0 saturated carbocycles. The van der Waals surface area contributed by atoms with Crippen molar-refractivity contribution >= 4 is 5.91 Å². The van der Waals surface area contributed by atoms with Crippen molar-refractivity contribution < 1.29 is 9.53 Å². The van der Waals surface area contributed by atoms with Gasteiger partial charge in [-0.3, -0.25) is 4.79 Å². The van der Waals surface area contributed by atoms with Crippen LogP contribution in [0.15, 0.2) is 72.8 Å². The Morgan fingerprint density at radius 2 is 1.67 bits per heavy atom. The van der Waals surface area contributed by atoms with Gasteiger partial charge in [0.25, 0.3) is 5.91 Å². The zero-order chi connectivity index (χ0) is 20.8. The van der Waals surface area contributed by atoms with E-state index >= 15 is 0 Å². The van der Waals surface area contributed by atoms with Crippen molar-refractivity contribution in [3.05, 3.63) is 101 Å². The number of para-hydroxylation sites is 1. The maximum absolute atomic E-state index is 13.1. The number of carbonyl (C=O) groups excluding carboxylic acids is 1. The number of nitrogens with one attached hydrogen (secondary N) is 1. The van der Waals surface area contributed by atoms with Gasteiger partial charge in [0.05, 0.1) is 11.6 Å². The fraction of sp³-hybridized carbons (Fsp3) is 0.296. The van der Waals surface area contributed by atoms with Gasteiger partial charge >= 0.3 is 0 Å². The monoisotopic (exact) mass is 399 g/mol. The number of aryl methyl sites for hydroxylation is 2. The van der Waals surface area contributed by atoms with Gasteiger partial charge in [0.15, 0.2) is 0 Å². The number of benzene rings is 3. The number of carbonyl (C=O) groups is 1. The predicted molar refractivity (Wildman–Crippen MR) is 121 cm³/mol. The van der Waals surface area contributed by atoms with Gasteiger partial charge in [-0.05, 0) is 66.5 Å². The van der Waals surface area contributed by atoms with E-state index in [0.717, 1.165) is 18.4 Å². The molecule has 30 heavy (non-hydrogen) atoms. The Hall–Kier alpha value is -3.07. The number of fused-ring (bicyclic) bond motifs is 1. The molecular weight excluding hydrogens is 370 g/mol. The number of hydrogen-bond acceptors (Lipinski definition) is 2. The molecule has 3 aromatic carbocycles. The molecular formula is C27H29NO2. The van der Waals surface area contributed by atoms with Crippen LogP contribution in [0.3, 0.4) is 0 Å². The first kappa shape index (κ1) is 20.2. The van der Waals surface area contributed by atoms with Crippen LogP contribution in [0.4, 0.5) is 0 Å². The van der Waals surface area contributed by atoms with Gasteiger partial charge in [-0.1, -0.05) is 67.6 Å². The minimum atomic E-state index is -0.0942. The first-order chi connectivity index (χ1) is 14.7. The van der Waals surface area contributed by atoms with Gasteiger partial charge in [0, 0.05) is 0 Å². The average molecular weight is 400 g/mol. The second kappa shape index (κ2) is 9.62. The van der Waals surface area contributed by atoms with Crippen molar-refractivity contribution in [2.24, 2.45) is 0 Å². The molecule has 0 saturated heterocycles. The van der Waals surface area contributed by atoms with Crippen LogP contribution >= 0.6 is 0 Å². The zero-order valence-corrected chi connectivity index (χ0v) is 17.6. The quantitative estimate of drug-likeness (QED) is 0.527. The van der Waals surface area contributed by atoms with E-state index in [1.54, 1.807) is 0 Å². The lowest BCUT2D eigenvalue weighted by atomic mass is 9.88. The largest absolute Gasteiger partial charge is 0.488 e. The highest BCUT2D eigenvalue weighted by atomic mass is 16.5. The van der Waals surface area contributed by atoms with E-state index in [0.29, 0.717) is 17.9 Å². The molecule has 0 bridgehead atoms. The molecule has 4 rings (SSSR count). The van der Waals surface area contributed by atoms with Crippen molar-refractivity contribution in [2.75, 3.05) is 0 Å². The topological polar surface area (TPSA) is 38.3 Å². The van der Waals surface area contributed by atoms with E-state index in [-0.39, 0.29) is 11.9 Å². The third-order valence-electron chi connectivity index (χ3n) is 5.86. The maximum Gasteiger partial charge on any atom is 0.255 e. The molecule has 0 fully saturated rings. The highest BCUT2D eigenvalue weighted by molar-refractivity contribution is 5.97. The summed E-state index contributed by atoms with van der Waals surface area (Å²) >= 11 is 0. The Morgan fingerprint density at radius 3 is 2.47 bits per heavy atom. The van der Waals surface area contributed by atoms with Crippen LogP contribution < -0.4 is 10.1 Å². The fourth-order valence-corrected chi connectivity index (χ4v) is 4.14. The maximum atomic E-state index is 13.1. The third kappa shape index (κ3) is 4.73. The van der Waals surface area contributed by atoms with E-state index in [9.17, 15) is 4.79 Å². The summed E-state index contributed by atoms with van der Waals surface area (Å²) in [6.45, 7) is 2.55. The molecule has 0 spiro atoms. The number of amides is 1. The molecule has 1 N–H and O–H groups in total. The van der Waals surface area contributed by atoms with Crippen LogP contribution in [0.2, 0.25) is 0 Å². The van der Waals surface area contributed by atoms with Crippen LogP contribution in [0.1, 0.15) is 64.8 Å². The van der Waals surface area contributed by atoms with Gasteiger partial charge in [-0.15, -0.1) is 0 Å². The number of hydrogen-bond donors (Lipinski definition) is 1. The SMILES string of the molecule is CC[C@H](NC(=O)c1ccccc1OCc1ccccc1)c1ccc2c(c1)CCCC2. The Labute approximate surface area is 179 Å². The third-order valence-corrected chi connectivity index (χ3v) is 5.86. The summed E-state index contributed by atoms with van der Waals surface area (Å²) in [7, 11) is 0. The summed E-state index contributed by atoms with van der Waals surface area (Å²) in [4.78, 5) is 13.1. The van der Waals surface area contributed by atoms with E-state index in [2.05, 4.69) is 30.4 Å². The first-order valence-corrected chi connectivity index (χ1v) is 10.9. The van der Waals surface area contributed by atoms with Crippen LogP contribution in [0.5, 0.6) is 5.75 Å². The molecule has 0 radical (unpaired) electrons. The Kier molecular flexibility index (Phi) is 6.48. The normalized spacial score (nSPS) is 13.9. The van der Waals surface area contributed by atoms with Gasteiger partial charge < -0.3 is 10.1 Å². The number of ether oxygens (including phenoxy) is 1. The zero-order valence-electron chi connectivity index (χ0n) is 17.6. The first-order valence-electron chi connectivity index (χ1n) is 10.9. The highest BCUT2D eigenvalue weighted by Gasteiger charge is 2.19. The van der Waals surface area contributed by atoms with Gasteiger partial charge in [0.1, 0.15) is 12.4 Å². The van der Waals surface area contributed by atoms with Crippen molar-refractivity contribution in [1.82, 2.24) is 5.32 Å². The second-order valence-corrected chi connectivity index (χ2v) is 7.94. The molecule has 1 aliphatic carbocycles. The van der Waals surface area contributed by atoms with Crippen molar-refractivity contribution in [3.63, 3.8) is 0 Å². The van der Waals surface area contributed by atoms with Crippen molar-refractivity contribution in [3.8, 4) is 5.75 Å². The van der Waals surface area contributed by atoms with Crippen LogP contribution in [-0.2, 0) is 19.4 Å². The Bertz CT molecular complexity index is 997. The van der Waals surface area contributed by atoms with Crippen LogP contribution in [0.25, 0.3) is 0 Å². The minimum absolute atomic E-state index is 0.00749. The molecule has 154 valence electrons. The molecule has 1 amide bonds. The lowest BCUT2D eigenvalue weighted by molar-refractivity contribution is 0.0931. The smallest absolute Gasteiger partial charge is 0.255 e. The standard InChI is InChI=1S/C27H29NO2/c1-2-25(23-17-16-21-12-6-7-13-22(21)18-23)28-27(29)24-14-8-9-15-26(24)30-19-20-10-4-3-5-11-20/h3-5,8-11,14-18,25H,2,6-7,12-13,19H2,1H3,(H,28,29)/t25-/m0/s1. The van der Waals surface area contributed by atoms with Crippen LogP contribution in [0, 0.1) is 0 Å². The summed E-state index contributed by atoms with van der Waals surface area (Å²) in [6.07, 6.45) is 5.69. The fourth-order valence-electron chi connectivity index (χ4n) is 4.14. The minimum Gasteiger partial charge on any atom is -0.488 e. The molecule has 0 unspecified atom stereocenters. The summed E-state index contributed by atoms with van der Waals surface area (Å²) in [5.41, 5.74) is 5.75.